The van der Waals surface area contributed by atoms with Gasteiger partial charge in [-0.2, -0.15) is 0 Å². The number of nitrogens with one attached hydrogen (secondary N) is 1. The minimum atomic E-state index is -0.191. The summed E-state index contributed by atoms with van der Waals surface area (Å²) >= 11 is 0. The van der Waals surface area contributed by atoms with Crippen LogP contribution in [0.2, 0.25) is 0 Å². The number of hydrogen-bond acceptors (Lipinski definition) is 3. The van der Waals surface area contributed by atoms with Crippen LogP contribution in [0, 0.1) is 0 Å². The minimum absolute atomic E-state index is 0.0448. The molecule has 1 aromatic heterocycles. The van der Waals surface area contributed by atoms with E-state index in [1.54, 1.807) is 12.4 Å². The van der Waals surface area contributed by atoms with E-state index in [1.807, 2.05) is 6.92 Å². The van der Waals surface area contributed by atoms with Crippen molar-refractivity contribution < 1.29 is 4.79 Å². The smallest absolute Gasteiger partial charge is 0.227 e. The molecule has 4 heteroatoms. The maximum atomic E-state index is 11.9. The summed E-state index contributed by atoms with van der Waals surface area (Å²) in [6, 6.07) is 0. The van der Waals surface area contributed by atoms with Crippen LogP contribution in [0.1, 0.15) is 44.1 Å². The third-order valence-corrected chi connectivity index (χ3v) is 3.35. The zero-order valence-electron chi connectivity index (χ0n) is 10.7. The van der Waals surface area contributed by atoms with E-state index >= 15 is 0 Å². The minimum Gasteiger partial charge on any atom is -0.355 e. The van der Waals surface area contributed by atoms with Crippen molar-refractivity contribution in [3.8, 4) is 0 Å². The highest BCUT2D eigenvalue weighted by Gasteiger charge is 2.15. The van der Waals surface area contributed by atoms with Gasteiger partial charge in [0.25, 0.3) is 0 Å². The highest BCUT2D eigenvalue weighted by atomic mass is 16.1. The fraction of sp³-hybridized carbons (Fsp3) is 0.500. The molecule has 1 heterocycles. The molecule has 0 spiro atoms. The van der Waals surface area contributed by atoms with Gasteiger partial charge in [0.2, 0.25) is 5.91 Å². The molecule has 1 aliphatic rings. The summed E-state index contributed by atoms with van der Waals surface area (Å²) in [5.41, 5.74) is 2.33. The Labute approximate surface area is 108 Å². The molecule has 1 aromatic rings. The Morgan fingerprint density at radius 1 is 1.44 bits per heavy atom. The first-order valence-electron chi connectivity index (χ1n) is 6.48. The second kappa shape index (κ2) is 6.28. The predicted molar refractivity (Wildman–Crippen MR) is 70.0 cm³/mol. The van der Waals surface area contributed by atoms with Gasteiger partial charge in [-0.15, -0.1) is 0 Å². The molecular formula is C14H19N3O. The second-order valence-electron chi connectivity index (χ2n) is 4.69. The fourth-order valence-electron chi connectivity index (χ4n) is 2.15. The number of amides is 1. The van der Waals surface area contributed by atoms with Gasteiger partial charge >= 0.3 is 0 Å². The summed E-state index contributed by atoms with van der Waals surface area (Å²) in [7, 11) is 0. The van der Waals surface area contributed by atoms with Crippen LogP contribution in [0.5, 0.6) is 0 Å². The lowest BCUT2D eigenvalue weighted by Gasteiger charge is -2.11. The Bertz CT molecular complexity index is 428. The van der Waals surface area contributed by atoms with Crippen molar-refractivity contribution in [2.75, 3.05) is 6.54 Å². The summed E-state index contributed by atoms with van der Waals surface area (Å²) in [6.07, 6.45) is 11.8. The summed E-state index contributed by atoms with van der Waals surface area (Å²) in [4.78, 5) is 19.8. The normalized spacial score (nSPS) is 16.2. The molecule has 0 aromatic carbocycles. The summed E-state index contributed by atoms with van der Waals surface area (Å²) < 4.78 is 0. The molecule has 0 unspecified atom stereocenters. The largest absolute Gasteiger partial charge is 0.355 e. The number of hydrogen-bond donors (Lipinski definition) is 1. The first-order valence-corrected chi connectivity index (χ1v) is 6.48. The molecule has 0 fully saturated rings. The molecule has 1 N–H and O–H groups in total. The Hall–Kier alpha value is -1.71. The van der Waals surface area contributed by atoms with E-state index in [9.17, 15) is 4.79 Å². The van der Waals surface area contributed by atoms with Gasteiger partial charge in [-0.3, -0.25) is 4.79 Å². The Morgan fingerprint density at radius 3 is 2.89 bits per heavy atom. The average molecular weight is 245 g/mol. The molecule has 1 atom stereocenters. The number of carbonyl (C=O) groups is 1. The number of rotatable bonds is 5. The molecule has 0 bridgehead atoms. The van der Waals surface area contributed by atoms with Crippen molar-refractivity contribution in [1.82, 2.24) is 15.3 Å². The lowest BCUT2D eigenvalue weighted by Crippen LogP contribution is -2.29. The van der Waals surface area contributed by atoms with Crippen LogP contribution < -0.4 is 5.32 Å². The van der Waals surface area contributed by atoms with E-state index in [1.165, 1.54) is 31.2 Å². The Balaban J connectivity index is 1.77. The van der Waals surface area contributed by atoms with Gasteiger partial charge in [-0.05, 0) is 32.6 Å². The van der Waals surface area contributed by atoms with Crippen LogP contribution in [0.3, 0.4) is 0 Å². The molecule has 0 radical (unpaired) electrons. The van der Waals surface area contributed by atoms with Crippen molar-refractivity contribution in [3.63, 3.8) is 0 Å². The first kappa shape index (κ1) is 12.7. The molecule has 1 aliphatic carbocycles. The van der Waals surface area contributed by atoms with Crippen molar-refractivity contribution in [1.29, 1.82) is 0 Å². The Morgan fingerprint density at radius 2 is 2.22 bits per heavy atom. The predicted octanol–water partition coefficient (Wildman–Crippen LogP) is 2.20. The third kappa shape index (κ3) is 3.39. The molecule has 0 aliphatic heterocycles. The Kier molecular flexibility index (Phi) is 4.45. The van der Waals surface area contributed by atoms with E-state index < -0.39 is 0 Å². The van der Waals surface area contributed by atoms with Gasteiger partial charge in [0, 0.05) is 24.5 Å². The van der Waals surface area contributed by atoms with E-state index in [4.69, 9.17) is 0 Å². The zero-order valence-corrected chi connectivity index (χ0v) is 10.7. The number of allylic oxidation sites excluding steroid dienone is 1. The van der Waals surface area contributed by atoms with Crippen LogP contribution >= 0.6 is 0 Å². The van der Waals surface area contributed by atoms with Crippen molar-refractivity contribution >= 4 is 5.91 Å². The van der Waals surface area contributed by atoms with Gasteiger partial charge in [-0.25, -0.2) is 9.97 Å². The lowest BCUT2D eigenvalue weighted by molar-refractivity contribution is -0.122. The first-order chi connectivity index (χ1) is 8.77. The molecular weight excluding hydrogens is 226 g/mol. The van der Waals surface area contributed by atoms with Crippen LogP contribution in [0.25, 0.3) is 0 Å². The van der Waals surface area contributed by atoms with Gasteiger partial charge in [0.1, 0.15) is 6.33 Å². The van der Waals surface area contributed by atoms with Gasteiger partial charge in [-0.1, -0.05) is 11.6 Å². The highest BCUT2D eigenvalue weighted by molar-refractivity contribution is 5.82. The number of carbonyl (C=O) groups excluding carboxylic acids is 1. The van der Waals surface area contributed by atoms with Crippen molar-refractivity contribution in [2.24, 2.45) is 0 Å². The molecule has 18 heavy (non-hydrogen) atoms. The molecule has 0 saturated heterocycles. The quantitative estimate of drug-likeness (QED) is 0.809. The van der Waals surface area contributed by atoms with Gasteiger partial charge in [0.05, 0.1) is 5.92 Å². The number of nitrogens with zero attached hydrogens (tertiary/aromatic N) is 2. The van der Waals surface area contributed by atoms with Crippen molar-refractivity contribution in [3.05, 3.63) is 35.9 Å². The molecule has 0 saturated carbocycles. The number of aromatic nitrogens is 2. The maximum Gasteiger partial charge on any atom is 0.227 e. The van der Waals surface area contributed by atoms with Crippen LogP contribution in [-0.4, -0.2) is 22.4 Å². The standard InChI is InChI=1S/C14H19N3O/c1-11(13-8-15-10-16-9-13)14(18)17-7-6-12-4-2-3-5-12/h4,8-11H,2-3,5-7H2,1H3,(H,17,18)/t11-/m0/s1. The summed E-state index contributed by atoms with van der Waals surface area (Å²) in [6.45, 7) is 2.60. The maximum absolute atomic E-state index is 11.9. The van der Waals surface area contributed by atoms with Gasteiger partial charge in [0.15, 0.2) is 0 Å². The van der Waals surface area contributed by atoms with E-state index in [0.29, 0.717) is 0 Å². The fourth-order valence-corrected chi connectivity index (χ4v) is 2.15. The summed E-state index contributed by atoms with van der Waals surface area (Å²) in [5.74, 6) is -0.146. The highest BCUT2D eigenvalue weighted by Crippen LogP contribution is 2.20. The SMILES string of the molecule is C[C@H](C(=O)NCCC1=CCCC1)c1cncnc1. The van der Waals surface area contributed by atoms with E-state index in [2.05, 4.69) is 21.4 Å². The van der Waals surface area contributed by atoms with Crippen LogP contribution in [0.15, 0.2) is 30.4 Å². The lowest BCUT2D eigenvalue weighted by atomic mass is 10.0. The van der Waals surface area contributed by atoms with E-state index in [-0.39, 0.29) is 11.8 Å². The van der Waals surface area contributed by atoms with Crippen molar-refractivity contribution in [2.45, 2.75) is 38.5 Å². The van der Waals surface area contributed by atoms with Crippen LogP contribution in [-0.2, 0) is 4.79 Å². The molecule has 1 amide bonds. The molecule has 96 valence electrons. The van der Waals surface area contributed by atoms with Gasteiger partial charge < -0.3 is 5.32 Å². The van der Waals surface area contributed by atoms with E-state index in [0.717, 1.165) is 18.5 Å². The monoisotopic (exact) mass is 245 g/mol. The zero-order chi connectivity index (χ0) is 12.8. The average Bonchev–Trinajstić information content (AvgIpc) is 2.92. The summed E-state index contributed by atoms with van der Waals surface area (Å²) in [5, 5.41) is 2.97. The topological polar surface area (TPSA) is 54.9 Å². The molecule has 4 nitrogen and oxygen atoms in total. The third-order valence-electron chi connectivity index (χ3n) is 3.35. The second-order valence-corrected chi connectivity index (χ2v) is 4.69. The molecule has 2 rings (SSSR count). The van der Waals surface area contributed by atoms with Crippen LogP contribution in [0.4, 0.5) is 0 Å².